The first-order chi connectivity index (χ1) is 13.5. The summed E-state index contributed by atoms with van der Waals surface area (Å²) in [6.07, 6.45) is 6.00. The van der Waals surface area contributed by atoms with Crippen molar-refractivity contribution < 1.29 is 14.7 Å². The monoisotopic (exact) mass is 385 g/mol. The van der Waals surface area contributed by atoms with Crippen LogP contribution in [-0.2, 0) is 16.0 Å². The van der Waals surface area contributed by atoms with Crippen molar-refractivity contribution in [3.8, 4) is 0 Å². The fraction of sp³-hybridized carbons (Fsp3) is 0.636. The Bertz CT molecular complexity index is 745. The maximum absolute atomic E-state index is 12.6. The van der Waals surface area contributed by atoms with E-state index in [-0.39, 0.29) is 11.8 Å². The number of aliphatic hydroxyl groups excluding tert-OH is 1. The lowest BCUT2D eigenvalue weighted by molar-refractivity contribution is -0.139. The molecule has 2 fully saturated rings. The third kappa shape index (κ3) is 3.94. The summed E-state index contributed by atoms with van der Waals surface area (Å²) in [6.45, 7) is 4.82. The van der Waals surface area contributed by atoms with Crippen molar-refractivity contribution in [1.29, 1.82) is 0 Å². The van der Waals surface area contributed by atoms with E-state index in [1.165, 1.54) is 12.8 Å². The van der Waals surface area contributed by atoms with E-state index in [4.69, 9.17) is 0 Å². The topological polar surface area (TPSA) is 64.1 Å². The van der Waals surface area contributed by atoms with Gasteiger partial charge in [0.15, 0.2) is 0 Å². The molecule has 4 rings (SSSR count). The van der Waals surface area contributed by atoms with Crippen LogP contribution in [-0.4, -0.2) is 65.5 Å². The molecule has 152 valence electrons. The van der Waals surface area contributed by atoms with Crippen molar-refractivity contribution in [3.05, 3.63) is 29.3 Å². The summed E-state index contributed by atoms with van der Waals surface area (Å²) in [5.74, 6) is 0.265. The molecular weight excluding hydrogens is 354 g/mol. The molecule has 0 unspecified atom stereocenters. The molecule has 1 aliphatic carbocycles. The molecule has 2 heterocycles. The summed E-state index contributed by atoms with van der Waals surface area (Å²) in [5.41, 5.74) is 2.96. The Balaban J connectivity index is 1.38. The quantitative estimate of drug-likeness (QED) is 0.862. The van der Waals surface area contributed by atoms with Gasteiger partial charge in [-0.2, -0.15) is 0 Å². The first kappa shape index (κ1) is 19.4. The average Bonchev–Trinajstić information content (AvgIpc) is 3.21. The minimum absolute atomic E-state index is 0.0629. The third-order valence-electron chi connectivity index (χ3n) is 6.52. The minimum Gasteiger partial charge on any atom is -0.387 e. The van der Waals surface area contributed by atoms with Gasteiger partial charge in [0.1, 0.15) is 0 Å². The molecule has 1 saturated heterocycles. The number of benzene rings is 1. The SMILES string of the molecule is CC(=O)N1CCCc2cc([C@@H](O)CN3CCN(C4CCCC4)C(=O)C3)ccc21. The van der Waals surface area contributed by atoms with Crippen LogP contribution < -0.4 is 4.90 Å². The number of fused-ring (bicyclic) bond motifs is 1. The van der Waals surface area contributed by atoms with Gasteiger partial charge < -0.3 is 14.9 Å². The largest absolute Gasteiger partial charge is 0.387 e. The van der Waals surface area contributed by atoms with Gasteiger partial charge in [0.25, 0.3) is 0 Å². The van der Waals surface area contributed by atoms with Gasteiger partial charge in [0, 0.05) is 44.8 Å². The Morgan fingerprint density at radius 2 is 1.96 bits per heavy atom. The molecule has 1 saturated carbocycles. The zero-order valence-electron chi connectivity index (χ0n) is 16.8. The van der Waals surface area contributed by atoms with Crippen LogP contribution in [0.5, 0.6) is 0 Å². The molecule has 6 nitrogen and oxygen atoms in total. The third-order valence-corrected chi connectivity index (χ3v) is 6.52. The Morgan fingerprint density at radius 1 is 1.18 bits per heavy atom. The smallest absolute Gasteiger partial charge is 0.237 e. The van der Waals surface area contributed by atoms with Gasteiger partial charge in [-0.1, -0.05) is 25.0 Å². The molecule has 0 spiro atoms. The Kier molecular flexibility index (Phi) is 5.69. The van der Waals surface area contributed by atoms with E-state index in [0.717, 1.165) is 62.1 Å². The molecular formula is C22H31N3O3. The minimum atomic E-state index is -0.621. The number of aryl methyl sites for hydroxylation is 1. The molecule has 28 heavy (non-hydrogen) atoms. The van der Waals surface area contributed by atoms with Crippen molar-refractivity contribution in [2.45, 2.75) is 57.6 Å². The van der Waals surface area contributed by atoms with Crippen molar-refractivity contribution in [2.75, 3.05) is 37.6 Å². The first-order valence-corrected chi connectivity index (χ1v) is 10.6. The number of hydrogen-bond donors (Lipinski definition) is 1. The second-order valence-electron chi connectivity index (χ2n) is 8.44. The van der Waals surface area contributed by atoms with Crippen molar-refractivity contribution in [2.24, 2.45) is 0 Å². The predicted octanol–water partition coefficient (Wildman–Crippen LogP) is 2.11. The highest BCUT2D eigenvalue weighted by Crippen LogP contribution is 2.30. The molecule has 1 atom stereocenters. The highest BCUT2D eigenvalue weighted by atomic mass is 16.3. The van der Waals surface area contributed by atoms with Crippen LogP contribution in [0.1, 0.15) is 56.3 Å². The summed E-state index contributed by atoms with van der Waals surface area (Å²) < 4.78 is 0. The molecule has 0 bridgehead atoms. The number of rotatable bonds is 4. The number of carbonyl (C=O) groups excluding carboxylic acids is 2. The second kappa shape index (κ2) is 8.21. The van der Waals surface area contributed by atoms with Crippen molar-refractivity contribution in [1.82, 2.24) is 9.80 Å². The van der Waals surface area contributed by atoms with Gasteiger partial charge in [-0.15, -0.1) is 0 Å². The highest BCUT2D eigenvalue weighted by molar-refractivity contribution is 5.92. The fourth-order valence-electron chi connectivity index (χ4n) is 4.99. The summed E-state index contributed by atoms with van der Waals surface area (Å²) in [7, 11) is 0. The van der Waals surface area contributed by atoms with E-state index in [1.807, 2.05) is 23.1 Å². The van der Waals surface area contributed by atoms with E-state index in [2.05, 4.69) is 9.80 Å². The van der Waals surface area contributed by atoms with Gasteiger partial charge in [-0.25, -0.2) is 0 Å². The van der Waals surface area contributed by atoms with E-state index in [1.54, 1.807) is 6.92 Å². The number of hydrogen-bond acceptors (Lipinski definition) is 4. The zero-order chi connectivity index (χ0) is 19.7. The number of carbonyl (C=O) groups is 2. The van der Waals surface area contributed by atoms with Gasteiger partial charge in [0.2, 0.25) is 11.8 Å². The van der Waals surface area contributed by atoms with E-state index >= 15 is 0 Å². The molecule has 1 aromatic carbocycles. The number of aliphatic hydroxyl groups is 1. The van der Waals surface area contributed by atoms with Crippen LogP contribution in [0.25, 0.3) is 0 Å². The number of anilines is 1. The zero-order valence-corrected chi connectivity index (χ0v) is 16.8. The predicted molar refractivity (Wildman–Crippen MR) is 108 cm³/mol. The average molecular weight is 386 g/mol. The van der Waals surface area contributed by atoms with Gasteiger partial charge in [-0.3, -0.25) is 14.5 Å². The van der Waals surface area contributed by atoms with Crippen LogP contribution in [0.3, 0.4) is 0 Å². The lowest BCUT2D eigenvalue weighted by Gasteiger charge is -2.38. The standard InChI is InChI=1S/C22H31N3O3/c1-16(26)24-10-4-5-17-13-18(8-9-20(17)24)21(27)14-23-11-12-25(22(28)15-23)19-6-2-3-7-19/h8-9,13,19,21,27H,2-7,10-12,14-15H2,1H3/t21-/m0/s1. The van der Waals surface area contributed by atoms with E-state index in [0.29, 0.717) is 19.1 Å². The molecule has 0 radical (unpaired) electrons. The van der Waals surface area contributed by atoms with Crippen LogP contribution >= 0.6 is 0 Å². The second-order valence-corrected chi connectivity index (χ2v) is 8.44. The van der Waals surface area contributed by atoms with Crippen LogP contribution in [0.2, 0.25) is 0 Å². The van der Waals surface area contributed by atoms with Crippen LogP contribution in [0.15, 0.2) is 18.2 Å². The van der Waals surface area contributed by atoms with E-state index in [9.17, 15) is 14.7 Å². The summed E-state index contributed by atoms with van der Waals surface area (Å²) >= 11 is 0. The number of piperazine rings is 1. The maximum atomic E-state index is 12.6. The highest BCUT2D eigenvalue weighted by Gasteiger charge is 2.32. The molecule has 2 amide bonds. The molecule has 0 aromatic heterocycles. The van der Waals surface area contributed by atoms with Crippen LogP contribution in [0.4, 0.5) is 5.69 Å². The Labute approximate surface area is 167 Å². The van der Waals surface area contributed by atoms with E-state index < -0.39 is 6.10 Å². The molecule has 1 aromatic rings. The first-order valence-electron chi connectivity index (χ1n) is 10.6. The van der Waals surface area contributed by atoms with Crippen LogP contribution in [0, 0.1) is 0 Å². The Hall–Kier alpha value is -1.92. The molecule has 2 aliphatic heterocycles. The number of β-amino-alcohol motifs (C(OH)–C–C–N with tert-alkyl or cyclic N) is 1. The fourth-order valence-corrected chi connectivity index (χ4v) is 4.99. The molecule has 1 N–H and O–H groups in total. The van der Waals surface area contributed by atoms with Crippen molar-refractivity contribution >= 4 is 17.5 Å². The van der Waals surface area contributed by atoms with Crippen molar-refractivity contribution in [3.63, 3.8) is 0 Å². The maximum Gasteiger partial charge on any atom is 0.237 e. The summed E-state index contributed by atoms with van der Waals surface area (Å²) in [6, 6.07) is 6.34. The summed E-state index contributed by atoms with van der Waals surface area (Å²) in [5, 5.41) is 10.8. The van der Waals surface area contributed by atoms with Gasteiger partial charge in [0.05, 0.1) is 12.6 Å². The van der Waals surface area contributed by atoms with Gasteiger partial charge in [-0.05, 0) is 42.9 Å². The Morgan fingerprint density at radius 3 is 2.68 bits per heavy atom. The normalized spacial score (nSPS) is 22.4. The lowest BCUT2D eigenvalue weighted by Crippen LogP contribution is -2.54. The van der Waals surface area contributed by atoms with Gasteiger partial charge >= 0.3 is 0 Å². The number of amides is 2. The molecule has 6 heteroatoms. The number of nitrogens with zero attached hydrogens (tertiary/aromatic N) is 3. The summed E-state index contributed by atoms with van der Waals surface area (Å²) in [4.78, 5) is 30.3. The molecule has 3 aliphatic rings. The lowest BCUT2D eigenvalue weighted by atomic mass is 9.97.